The zero-order valence-electron chi connectivity index (χ0n) is 9.83. The lowest BCUT2D eigenvalue weighted by Crippen LogP contribution is -2.23. The van der Waals surface area contributed by atoms with E-state index in [-0.39, 0.29) is 23.7 Å². The number of hydrogen-bond donors (Lipinski definition) is 5. The molecule has 7 nitrogen and oxygen atoms in total. The first kappa shape index (κ1) is 12.1. The summed E-state index contributed by atoms with van der Waals surface area (Å²) in [6.07, 6.45) is 2.35. The summed E-state index contributed by atoms with van der Waals surface area (Å²) in [4.78, 5) is 21.5. The van der Waals surface area contributed by atoms with Gasteiger partial charge in [-0.1, -0.05) is 0 Å². The van der Waals surface area contributed by atoms with Gasteiger partial charge in [-0.3, -0.25) is 4.79 Å². The molecule has 0 aromatic carbocycles. The van der Waals surface area contributed by atoms with Gasteiger partial charge in [0.05, 0.1) is 5.69 Å². The van der Waals surface area contributed by atoms with Gasteiger partial charge in [0.2, 0.25) is 11.8 Å². The van der Waals surface area contributed by atoms with Gasteiger partial charge < -0.3 is 26.1 Å². The van der Waals surface area contributed by atoms with Crippen LogP contribution in [0.1, 0.15) is 34.1 Å². The Labute approximate surface area is 116 Å². The Morgan fingerprint density at radius 1 is 1.53 bits per heavy atom. The Morgan fingerprint density at radius 3 is 3.00 bits per heavy atom. The van der Waals surface area contributed by atoms with Crippen LogP contribution in [0.15, 0.2) is 10.7 Å². The fourth-order valence-corrected chi connectivity index (χ4v) is 3.02. The molecule has 0 radical (unpaired) electrons. The Kier molecular flexibility index (Phi) is 2.74. The van der Waals surface area contributed by atoms with Crippen LogP contribution in [0.25, 0.3) is 0 Å². The van der Waals surface area contributed by atoms with Gasteiger partial charge in [-0.15, -0.1) is 0 Å². The third-order valence-corrected chi connectivity index (χ3v) is 3.90. The maximum Gasteiger partial charge on any atom is 0.268 e. The number of aromatic hydroxyl groups is 1. The fourth-order valence-electron chi connectivity index (χ4n) is 2.43. The van der Waals surface area contributed by atoms with Crippen LogP contribution in [0.3, 0.4) is 0 Å². The second-order valence-electron chi connectivity index (χ2n) is 4.38. The number of imidazole rings is 1. The van der Waals surface area contributed by atoms with Crippen molar-refractivity contribution in [2.24, 2.45) is 0 Å². The number of fused-ring (bicyclic) bond motifs is 1. The SMILES string of the molecule is Nc1nc(O)c(C2CCNC(=O)c3[nH]cc(Br)c32)[nH]1. The van der Waals surface area contributed by atoms with Crippen LogP contribution >= 0.6 is 15.9 Å². The standard InChI is InChI=1S/C11H12BrN5O2/c12-5-3-15-8-6(5)4(1-2-14-9(8)18)7-10(19)17-11(13)16-7/h3-4,15,19H,1-2H2,(H,14,18)(H3,13,16,17). The zero-order valence-corrected chi connectivity index (χ0v) is 11.4. The number of carbonyl (C=O) groups is 1. The van der Waals surface area contributed by atoms with Gasteiger partial charge in [-0.2, -0.15) is 4.98 Å². The van der Waals surface area contributed by atoms with Gasteiger partial charge in [0.1, 0.15) is 5.69 Å². The molecule has 1 atom stereocenters. The summed E-state index contributed by atoms with van der Waals surface area (Å²) >= 11 is 3.42. The first-order valence-electron chi connectivity index (χ1n) is 5.77. The number of halogens is 1. The minimum Gasteiger partial charge on any atom is -0.492 e. The number of H-pyrrole nitrogens is 2. The molecule has 0 spiro atoms. The molecule has 100 valence electrons. The van der Waals surface area contributed by atoms with Crippen LogP contribution in [0.2, 0.25) is 0 Å². The quantitative estimate of drug-likeness (QED) is 0.538. The van der Waals surface area contributed by atoms with Gasteiger partial charge in [0, 0.05) is 28.7 Å². The molecule has 2 aromatic rings. The predicted octanol–water partition coefficient (Wildman–Crippen LogP) is 1.05. The lowest BCUT2D eigenvalue weighted by Gasteiger charge is -2.13. The molecular weight excluding hydrogens is 314 g/mol. The van der Waals surface area contributed by atoms with Gasteiger partial charge in [-0.05, 0) is 22.4 Å². The number of anilines is 1. The lowest BCUT2D eigenvalue weighted by molar-refractivity contribution is 0.0951. The second-order valence-corrected chi connectivity index (χ2v) is 5.24. The summed E-state index contributed by atoms with van der Waals surface area (Å²) in [7, 11) is 0. The highest BCUT2D eigenvalue weighted by molar-refractivity contribution is 9.10. The van der Waals surface area contributed by atoms with Crippen LogP contribution in [0.5, 0.6) is 5.88 Å². The minimum absolute atomic E-state index is 0.129. The average molecular weight is 326 g/mol. The summed E-state index contributed by atoms with van der Waals surface area (Å²) in [6, 6.07) is 0. The first-order chi connectivity index (χ1) is 9.08. The van der Waals surface area contributed by atoms with Crippen molar-refractivity contribution in [1.82, 2.24) is 20.3 Å². The molecule has 0 bridgehead atoms. The average Bonchev–Trinajstić information content (AvgIpc) is 2.83. The van der Waals surface area contributed by atoms with E-state index in [1.165, 1.54) is 0 Å². The molecule has 2 aromatic heterocycles. The number of amides is 1. The highest BCUT2D eigenvalue weighted by Crippen LogP contribution is 2.39. The molecule has 8 heteroatoms. The Hall–Kier alpha value is -1.96. The molecule has 19 heavy (non-hydrogen) atoms. The van der Waals surface area contributed by atoms with Gasteiger partial charge >= 0.3 is 0 Å². The van der Waals surface area contributed by atoms with Crippen LogP contribution < -0.4 is 11.1 Å². The number of rotatable bonds is 1. The van der Waals surface area contributed by atoms with Gasteiger partial charge in [-0.25, -0.2) is 0 Å². The fraction of sp³-hybridized carbons (Fsp3) is 0.273. The molecule has 1 aliphatic heterocycles. The zero-order chi connectivity index (χ0) is 13.6. The van der Waals surface area contributed by atoms with E-state index in [9.17, 15) is 9.90 Å². The number of nitrogens with zero attached hydrogens (tertiary/aromatic N) is 1. The third kappa shape index (κ3) is 1.88. The molecule has 1 aliphatic rings. The van der Waals surface area contributed by atoms with Gasteiger partial charge in [0.25, 0.3) is 5.91 Å². The molecular formula is C11H12BrN5O2. The monoisotopic (exact) mass is 325 g/mol. The van der Waals surface area contributed by atoms with Crippen molar-refractivity contribution in [3.05, 3.63) is 27.6 Å². The van der Waals surface area contributed by atoms with Crippen LogP contribution in [0.4, 0.5) is 5.95 Å². The Morgan fingerprint density at radius 2 is 2.32 bits per heavy atom. The minimum atomic E-state index is -0.181. The second kappa shape index (κ2) is 4.30. The van der Waals surface area contributed by atoms with E-state index in [2.05, 4.69) is 36.2 Å². The van der Waals surface area contributed by atoms with Crippen molar-refractivity contribution < 1.29 is 9.90 Å². The van der Waals surface area contributed by atoms with Crippen molar-refractivity contribution in [2.45, 2.75) is 12.3 Å². The Balaban J connectivity index is 2.16. The van der Waals surface area contributed by atoms with Crippen molar-refractivity contribution >= 4 is 27.8 Å². The predicted molar refractivity (Wildman–Crippen MR) is 72.0 cm³/mol. The molecule has 3 heterocycles. The molecule has 6 N–H and O–H groups in total. The van der Waals surface area contributed by atoms with E-state index < -0.39 is 0 Å². The van der Waals surface area contributed by atoms with E-state index in [1.807, 2.05) is 0 Å². The highest BCUT2D eigenvalue weighted by atomic mass is 79.9. The van der Waals surface area contributed by atoms with Crippen LogP contribution in [-0.2, 0) is 0 Å². The van der Waals surface area contributed by atoms with Crippen molar-refractivity contribution in [3.8, 4) is 5.88 Å². The van der Waals surface area contributed by atoms with E-state index >= 15 is 0 Å². The summed E-state index contributed by atoms with van der Waals surface area (Å²) in [5.41, 5.74) is 7.37. The molecule has 0 aliphatic carbocycles. The van der Waals surface area contributed by atoms with Crippen LogP contribution in [0, 0.1) is 0 Å². The van der Waals surface area contributed by atoms with E-state index in [0.717, 1.165) is 10.0 Å². The topological polar surface area (TPSA) is 120 Å². The summed E-state index contributed by atoms with van der Waals surface area (Å²) in [5.74, 6) is -0.310. The smallest absolute Gasteiger partial charge is 0.268 e. The largest absolute Gasteiger partial charge is 0.492 e. The maximum absolute atomic E-state index is 11.9. The van der Waals surface area contributed by atoms with Crippen molar-refractivity contribution in [1.29, 1.82) is 0 Å². The molecule has 0 fully saturated rings. The van der Waals surface area contributed by atoms with Crippen molar-refractivity contribution in [3.63, 3.8) is 0 Å². The number of nitrogen functional groups attached to an aromatic ring is 1. The van der Waals surface area contributed by atoms with Crippen molar-refractivity contribution in [2.75, 3.05) is 12.3 Å². The van der Waals surface area contributed by atoms with Gasteiger partial charge in [0.15, 0.2) is 0 Å². The number of aromatic nitrogens is 3. The molecule has 1 unspecified atom stereocenters. The Bertz CT molecular complexity index is 648. The third-order valence-electron chi connectivity index (χ3n) is 3.24. The van der Waals surface area contributed by atoms with Crippen LogP contribution in [-0.4, -0.2) is 32.5 Å². The molecule has 1 amide bonds. The van der Waals surface area contributed by atoms with E-state index in [1.54, 1.807) is 6.20 Å². The van der Waals surface area contributed by atoms with E-state index in [4.69, 9.17) is 5.73 Å². The number of carbonyl (C=O) groups excluding carboxylic acids is 1. The van der Waals surface area contributed by atoms with E-state index in [0.29, 0.717) is 24.4 Å². The number of nitrogens with two attached hydrogens (primary N) is 1. The number of nitrogens with one attached hydrogen (secondary N) is 3. The highest BCUT2D eigenvalue weighted by Gasteiger charge is 2.31. The number of hydrogen-bond acceptors (Lipinski definition) is 4. The normalized spacial score (nSPS) is 18.8. The summed E-state index contributed by atoms with van der Waals surface area (Å²) < 4.78 is 0.789. The molecule has 0 saturated carbocycles. The first-order valence-corrected chi connectivity index (χ1v) is 6.56. The number of aromatic amines is 2. The lowest BCUT2D eigenvalue weighted by atomic mass is 9.93. The maximum atomic E-state index is 11.9. The molecule has 3 rings (SSSR count). The summed E-state index contributed by atoms with van der Waals surface area (Å²) in [6.45, 7) is 0.511. The summed E-state index contributed by atoms with van der Waals surface area (Å²) in [5, 5.41) is 12.6. The molecule has 0 saturated heterocycles.